The van der Waals surface area contributed by atoms with E-state index in [0.717, 1.165) is 45.0 Å². The van der Waals surface area contributed by atoms with E-state index in [9.17, 15) is 4.79 Å². The Hall–Kier alpha value is -2.31. The van der Waals surface area contributed by atoms with E-state index in [1.165, 1.54) is 4.90 Å². The van der Waals surface area contributed by atoms with Gasteiger partial charge in [-0.25, -0.2) is 0 Å². The minimum Gasteiger partial charge on any atom is -0.348 e. The molecule has 0 aliphatic carbocycles. The highest BCUT2D eigenvalue weighted by Gasteiger charge is 2.18. The van der Waals surface area contributed by atoms with Crippen LogP contribution in [0.25, 0.3) is 11.1 Å². The number of hydrogen-bond donors (Lipinski definition) is 1. The van der Waals surface area contributed by atoms with Gasteiger partial charge in [-0.15, -0.1) is 11.3 Å². The maximum Gasteiger partial charge on any atom is 0.271 e. The van der Waals surface area contributed by atoms with Crippen molar-refractivity contribution in [1.29, 1.82) is 0 Å². The SMILES string of the molecule is CCCC[n+]1ccccc1/C=c1\s/c(=C2\Nc3ccccc3S2)c(=O)n1CC. The van der Waals surface area contributed by atoms with Crippen LogP contribution in [0, 0.1) is 0 Å². The number of fused-ring (bicyclic) bond motifs is 1. The number of hydrogen-bond acceptors (Lipinski definition) is 4. The molecule has 0 spiro atoms. The van der Waals surface area contributed by atoms with Crippen molar-refractivity contribution < 1.29 is 4.57 Å². The highest BCUT2D eigenvalue weighted by Crippen LogP contribution is 2.40. The van der Waals surface area contributed by atoms with Crippen LogP contribution in [0.15, 0.2) is 58.4 Å². The number of pyridine rings is 1. The lowest BCUT2D eigenvalue weighted by atomic mass is 10.3. The van der Waals surface area contributed by atoms with Gasteiger partial charge in [0, 0.05) is 36.1 Å². The zero-order chi connectivity index (χ0) is 19.5. The van der Waals surface area contributed by atoms with Gasteiger partial charge in [0.15, 0.2) is 6.20 Å². The maximum absolute atomic E-state index is 13.1. The monoisotopic (exact) mass is 410 g/mol. The fraction of sp³-hybridized carbons (Fsp3) is 0.273. The highest BCUT2D eigenvalue weighted by atomic mass is 32.2. The van der Waals surface area contributed by atoms with Crippen molar-refractivity contribution in [2.24, 2.45) is 0 Å². The van der Waals surface area contributed by atoms with Crippen molar-refractivity contribution in [3.05, 3.63) is 73.9 Å². The predicted molar refractivity (Wildman–Crippen MR) is 118 cm³/mol. The Morgan fingerprint density at radius 1 is 1.14 bits per heavy atom. The first-order chi connectivity index (χ1) is 13.7. The van der Waals surface area contributed by atoms with E-state index in [0.29, 0.717) is 6.54 Å². The van der Waals surface area contributed by atoms with Crippen LogP contribution in [-0.4, -0.2) is 4.57 Å². The van der Waals surface area contributed by atoms with Crippen molar-refractivity contribution in [1.82, 2.24) is 4.57 Å². The fourth-order valence-electron chi connectivity index (χ4n) is 3.28. The van der Waals surface area contributed by atoms with E-state index in [-0.39, 0.29) is 5.56 Å². The van der Waals surface area contributed by atoms with Gasteiger partial charge in [-0.1, -0.05) is 37.2 Å². The third-order valence-corrected chi connectivity index (χ3v) is 7.13. The second kappa shape index (κ2) is 8.37. The van der Waals surface area contributed by atoms with E-state index >= 15 is 0 Å². The zero-order valence-electron chi connectivity index (χ0n) is 16.1. The van der Waals surface area contributed by atoms with Crippen LogP contribution in [0.5, 0.6) is 0 Å². The minimum atomic E-state index is 0.0811. The second-order valence-corrected chi connectivity index (χ2v) is 8.77. The summed E-state index contributed by atoms with van der Waals surface area (Å²) in [4.78, 5) is 14.2. The van der Waals surface area contributed by atoms with Gasteiger partial charge >= 0.3 is 0 Å². The van der Waals surface area contributed by atoms with Crippen molar-refractivity contribution in [3.63, 3.8) is 0 Å². The Kier molecular flexibility index (Phi) is 5.69. The summed E-state index contributed by atoms with van der Waals surface area (Å²) in [5.41, 5.74) is 2.29. The summed E-state index contributed by atoms with van der Waals surface area (Å²) < 4.78 is 5.91. The number of aryl methyl sites for hydroxylation is 1. The fourth-order valence-corrected chi connectivity index (χ4v) is 5.51. The number of para-hydroxylation sites is 1. The molecular formula is C22H24N3OS2+. The Bertz CT molecular complexity index is 1150. The molecule has 0 atom stereocenters. The maximum atomic E-state index is 13.1. The van der Waals surface area contributed by atoms with Crippen LogP contribution in [0.3, 0.4) is 0 Å². The van der Waals surface area contributed by atoms with E-state index in [4.69, 9.17) is 0 Å². The van der Waals surface area contributed by atoms with Gasteiger partial charge in [0.05, 0.1) is 5.69 Å². The molecule has 0 saturated heterocycles. The first-order valence-electron chi connectivity index (χ1n) is 9.69. The topological polar surface area (TPSA) is 37.9 Å². The van der Waals surface area contributed by atoms with Crippen molar-refractivity contribution in [2.75, 3.05) is 5.32 Å². The molecule has 4 rings (SSSR count). The van der Waals surface area contributed by atoms with Gasteiger partial charge in [0.2, 0.25) is 5.69 Å². The number of nitrogens with zero attached hydrogens (tertiary/aromatic N) is 2. The molecule has 3 aromatic rings. The Morgan fingerprint density at radius 3 is 2.75 bits per heavy atom. The Labute approximate surface area is 172 Å². The lowest BCUT2D eigenvalue weighted by Crippen LogP contribution is -2.37. The number of benzene rings is 1. The van der Waals surface area contributed by atoms with Crippen LogP contribution in [-0.2, 0) is 13.1 Å². The smallest absolute Gasteiger partial charge is 0.271 e. The highest BCUT2D eigenvalue weighted by molar-refractivity contribution is 8.08. The zero-order valence-corrected chi connectivity index (χ0v) is 17.8. The normalized spacial score (nSPS) is 15.6. The second-order valence-electron chi connectivity index (χ2n) is 6.69. The summed E-state index contributed by atoms with van der Waals surface area (Å²) in [5, 5.41) is 4.35. The molecule has 0 fully saturated rings. The van der Waals surface area contributed by atoms with E-state index in [1.807, 2.05) is 23.6 Å². The van der Waals surface area contributed by atoms with Gasteiger partial charge in [0.25, 0.3) is 5.56 Å². The van der Waals surface area contributed by atoms with Crippen molar-refractivity contribution in [3.8, 4) is 0 Å². The predicted octanol–water partition coefficient (Wildman–Crippen LogP) is 3.13. The molecule has 0 amide bonds. The third kappa shape index (κ3) is 3.66. The molecule has 0 radical (unpaired) electrons. The number of thiazole rings is 1. The summed E-state index contributed by atoms with van der Waals surface area (Å²) in [6.45, 7) is 5.88. The molecule has 1 aromatic carbocycles. The summed E-state index contributed by atoms with van der Waals surface area (Å²) in [7, 11) is 0. The molecule has 0 unspecified atom stereocenters. The van der Waals surface area contributed by atoms with E-state index in [2.05, 4.69) is 59.4 Å². The summed E-state index contributed by atoms with van der Waals surface area (Å²) >= 11 is 3.21. The lowest BCUT2D eigenvalue weighted by Gasteiger charge is -1.99. The first kappa shape index (κ1) is 19.0. The lowest BCUT2D eigenvalue weighted by molar-refractivity contribution is -0.699. The van der Waals surface area contributed by atoms with E-state index in [1.54, 1.807) is 23.1 Å². The minimum absolute atomic E-state index is 0.0811. The molecule has 1 aliphatic rings. The Morgan fingerprint density at radius 2 is 1.96 bits per heavy atom. The number of anilines is 1. The largest absolute Gasteiger partial charge is 0.348 e. The van der Waals surface area contributed by atoms with Gasteiger partial charge in [0.1, 0.15) is 20.8 Å². The third-order valence-electron chi connectivity index (χ3n) is 4.78. The molecule has 144 valence electrons. The number of rotatable bonds is 5. The van der Waals surface area contributed by atoms with Crippen molar-refractivity contribution in [2.45, 2.75) is 44.7 Å². The molecule has 4 nitrogen and oxygen atoms in total. The number of nitrogens with one attached hydrogen (secondary N) is 1. The van der Waals surface area contributed by atoms with Crippen molar-refractivity contribution >= 4 is 39.9 Å². The van der Waals surface area contributed by atoms with Crippen LogP contribution in [0.1, 0.15) is 32.4 Å². The molecule has 2 aromatic heterocycles. The Balaban J connectivity index is 1.83. The van der Waals surface area contributed by atoms with Crippen LogP contribution in [0.2, 0.25) is 0 Å². The number of unbranched alkanes of at least 4 members (excludes halogenated alkanes) is 1. The summed E-state index contributed by atoms with van der Waals surface area (Å²) in [6.07, 6.45) is 6.56. The standard InChI is InChI=1S/C22H23N3OS2/c1-3-5-13-24-14-9-8-10-16(24)15-19-25(4-2)22(26)20(28-19)21-23-17-11-6-7-12-18(17)27-21/h6-12,14-15H,3-5,13H2,1-2H3/p+1. The van der Waals surface area contributed by atoms with Crippen LogP contribution >= 0.6 is 23.1 Å². The van der Waals surface area contributed by atoms with Gasteiger partial charge in [-0.05, 0) is 25.1 Å². The molecule has 6 heteroatoms. The summed E-state index contributed by atoms with van der Waals surface area (Å²) in [5.74, 6) is 0. The van der Waals surface area contributed by atoms with Crippen LogP contribution in [0.4, 0.5) is 5.69 Å². The van der Waals surface area contributed by atoms with Gasteiger partial charge in [-0.2, -0.15) is 4.57 Å². The summed E-state index contributed by atoms with van der Waals surface area (Å²) in [6, 6.07) is 14.4. The molecule has 1 N–H and O–H groups in total. The number of thioether (sulfide) groups is 1. The molecule has 1 aliphatic heterocycles. The van der Waals surface area contributed by atoms with Gasteiger partial charge < -0.3 is 5.32 Å². The first-order valence-corrected chi connectivity index (χ1v) is 11.3. The molecule has 0 saturated carbocycles. The molecule has 0 bridgehead atoms. The molecular weight excluding hydrogens is 386 g/mol. The molecule has 28 heavy (non-hydrogen) atoms. The van der Waals surface area contributed by atoms with Crippen LogP contribution < -0.4 is 24.6 Å². The quantitative estimate of drug-likeness (QED) is 0.657. The molecule has 3 heterocycles. The number of aromatic nitrogens is 2. The average molecular weight is 411 g/mol. The van der Waals surface area contributed by atoms with Gasteiger partial charge in [-0.3, -0.25) is 9.36 Å². The average Bonchev–Trinajstić information content (AvgIpc) is 3.27. The van der Waals surface area contributed by atoms with E-state index < -0.39 is 0 Å².